The third-order valence-electron chi connectivity index (χ3n) is 8.35. The van der Waals surface area contributed by atoms with Crippen LogP contribution in [0.3, 0.4) is 0 Å². The van der Waals surface area contributed by atoms with E-state index in [2.05, 4.69) is 96.0 Å². The number of halogens is 2. The highest BCUT2D eigenvalue weighted by Gasteiger charge is 2.44. The van der Waals surface area contributed by atoms with Crippen molar-refractivity contribution in [3.63, 3.8) is 0 Å². The normalized spacial score (nSPS) is 16.2. The Morgan fingerprint density at radius 2 is 1.09 bits per heavy atom. The van der Waals surface area contributed by atoms with Gasteiger partial charge in [-0.2, -0.15) is 0 Å². The fourth-order valence-corrected chi connectivity index (χ4v) is 7.50. The van der Waals surface area contributed by atoms with E-state index in [4.69, 9.17) is 0 Å². The molecular weight excluding hydrogens is 532 g/mol. The van der Waals surface area contributed by atoms with E-state index in [9.17, 15) is 0 Å². The summed E-state index contributed by atoms with van der Waals surface area (Å²) >= 11 is 7.79. The SMILES string of the molecule is CCCCC(CC)CC1(CC(CC)CCCC)c2cc(Br)cc3ccc4cc(Br)cc1c4c23. The molecular formula is C31H40Br2. The molecule has 0 aromatic heterocycles. The van der Waals surface area contributed by atoms with Crippen molar-refractivity contribution >= 4 is 53.4 Å². The van der Waals surface area contributed by atoms with Gasteiger partial charge in [-0.3, -0.25) is 0 Å². The fourth-order valence-electron chi connectivity index (χ4n) is 6.55. The summed E-state index contributed by atoms with van der Waals surface area (Å²) in [7, 11) is 0. The molecule has 0 N–H and O–H groups in total. The fraction of sp³-hybridized carbons (Fsp3) is 0.548. The average Bonchev–Trinajstić information content (AvgIpc) is 3.07. The molecule has 0 heterocycles. The minimum absolute atomic E-state index is 0.108. The number of benzene rings is 3. The lowest BCUT2D eigenvalue weighted by atomic mass is 9.65. The van der Waals surface area contributed by atoms with Crippen molar-refractivity contribution in [2.75, 3.05) is 0 Å². The van der Waals surface area contributed by atoms with Crippen molar-refractivity contribution in [1.82, 2.24) is 0 Å². The van der Waals surface area contributed by atoms with Gasteiger partial charge in [0.1, 0.15) is 0 Å². The summed E-state index contributed by atoms with van der Waals surface area (Å²) in [5, 5.41) is 5.82. The van der Waals surface area contributed by atoms with Crippen LogP contribution in [0, 0.1) is 11.8 Å². The first-order valence-corrected chi connectivity index (χ1v) is 14.9. The number of hydrogen-bond donors (Lipinski definition) is 0. The lowest BCUT2D eigenvalue weighted by Gasteiger charge is -2.39. The summed E-state index contributed by atoms with van der Waals surface area (Å²) in [6.45, 7) is 9.50. The molecule has 178 valence electrons. The van der Waals surface area contributed by atoms with Crippen molar-refractivity contribution < 1.29 is 0 Å². The Labute approximate surface area is 218 Å². The van der Waals surface area contributed by atoms with Gasteiger partial charge >= 0.3 is 0 Å². The van der Waals surface area contributed by atoms with Crippen LogP contribution < -0.4 is 0 Å². The molecule has 33 heavy (non-hydrogen) atoms. The zero-order valence-corrected chi connectivity index (χ0v) is 24.1. The summed E-state index contributed by atoms with van der Waals surface area (Å²) in [5.41, 5.74) is 3.29. The van der Waals surface area contributed by atoms with E-state index in [-0.39, 0.29) is 5.41 Å². The zero-order chi connectivity index (χ0) is 23.6. The molecule has 3 aromatic rings. The molecule has 0 radical (unpaired) electrons. The molecule has 0 nitrogen and oxygen atoms in total. The first-order valence-electron chi connectivity index (χ1n) is 13.3. The molecule has 3 aromatic carbocycles. The number of rotatable bonds is 12. The lowest BCUT2D eigenvalue weighted by molar-refractivity contribution is 0.266. The van der Waals surface area contributed by atoms with Crippen LogP contribution >= 0.6 is 31.9 Å². The summed E-state index contributed by atoms with van der Waals surface area (Å²) in [5.74, 6) is 1.54. The van der Waals surface area contributed by atoms with Crippen LogP contribution in [-0.2, 0) is 5.41 Å². The lowest BCUT2D eigenvalue weighted by Crippen LogP contribution is -2.31. The molecule has 0 bridgehead atoms. The molecule has 0 saturated heterocycles. The van der Waals surface area contributed by atoms with E-state index in [1.165, 1.54) is 94.7 Å². The van der Waals surface area contributed by atoms with Gasteiger partial charge < -0.3 is 0 Å². The topological polar surface area (TPSA) is 0 Å². The predicted octanol–water partition coefficient (Wildman–Crippen LogP) is 11.3. The van der Waals surface area contributed by atoms with Gasteiger partial charge in [0.2, 0.25) is 0 Å². The molecule has 2 atom stereocenters. The van der Waals surface area contributed by atoms with Crippen LogP contribution in [-0.4, -0.2) is 0 Å². The molecule has 0 spiro atoms. The molecule has 0 fully saturated rings. The van der Waals surface area contributed by atoms with Crippen molar-refractivity contribution in [3.05, 3.63) is 56.5 Å². The molecule has 1 aliphatic rings. The molecule has 0 saturated carbocycles. The van der Waals surface area contributed by atoms with Gasteiger partial charge in [0.25, 0.3) is 0 Å². The van der Waals surface area contributed by atoms with Crippen LogP contribution in [0.2, 0.25) is 0 Å². The van der Waals surface area contributed by atoms with Gasteiger partial charge in [0.05, 0.1) is 0 Å². The Hall–Kier alpha value is -0.860. The summed E-state index contributed by atoms with van der Waals surface area (Å²) in [6, 6.07) is 14.3. The van der Waals surface area contributed by atoms with E-state index in [0.717, 1.165) is 11.8 Å². The van der Waals surface area contributed by atoms with E-state index < -0.39 is 0 Å². The van der Waals surface area contributed by atoms with Crippen LogP contribution in [0.15, 0.2) is 45.3 Å². The predicted molar refractivity (Wildman–Crippen MR) is 153 cm³/mol. The van der Waals surface area contributed by atoms with Crippen LogP contribution in [0.5, 0.6) is 0 Å². The van der Waals surface area contributed by atoms with Crippen molar-refractivity contribution in [3.8, 4) is 0 Å². The molecule has 2 heteroatoms. The largest absolute Gasteiger partial charge is 0.0654 e. The van der Waals surface area contributed by atoms with Crippen molar-refractivity contribution in [2.45, 2.75) is 97.3 Å². The van der Waals surface area contributed by atoms with Gasteiger partial charge in [0, 0.05) is 14.4 Å². The maximum absolute atomic E-state index is 3.90. The maximum atomic E-state index is 3.90. The minimum atomic E-state index is 0.108. The first kappa shape index (κ1) is 25.2. The monoisotopic (exact) mass is 570 g/mol. The molecule has 1 aliphatic carbocycles. The quantitative estimate of drug-likeness (QED) is 0.189. The van der Waals surface area contributed by atoms with Gasteiger partial charge in [-0.1, -0.05) is 123 Å². The van der Waals surface area contributed by atoms with E-state index >= 15 is 0 Å². The minimum Gasteiger partial charge on any atom is -0.0654 e. The summed E-state index contributed by atoms with van der Waals surface area (Å²) < 4.78 is 2.45. The van der Waals surface area contributed by atoms with Crippen molar-refractivity contribution in [1.29, 1.82) is 0 Å². The smallest absolute Gasteiger partial charge is 0.0221 e. The third-order valence-corrected chi connectivity index (χ3v) is 9.27. The Morgan fingerprint density at radius 3 is 1.45 bits per heavy atom. The molecule has 4 rings (SSSR count). The van der Waals surface area contributed by atoms with Gasteiger partial charge in [-0.05, 0) is 81.6 Å². The second kappa shape index (κ2) is 10.8. The zero-order valence-electron chi connectivity index (χ0n) is 20.9. The van der Waals surface area contributed by atoms with Crippen LogP contribution in [0.1, 0.15) is 103 Å². The molecule has 0 aliphatic heterocycles. The van der Waals surface area contributed by atoms with E-state index in [1.807, 2.05) is 0 Å². The highest BCUT2D eigenvalue weighted by molar-refractivity contribution is 9.10. The number of unbranched alkanes of at least 4 members (excludes halogenated alkanes) is 2. The van der Waals surface area contributed by atoms with Crippen LogP contribution in [0.25, 0.3) is 21.5 Å². The highest BCUT2D eigenvalue weighted by atomic mass is 79.9. The van der Waals surface area contributed by atoms with Gasteiger partial charge in [-0.15, -0.1) is 0 Å². The molecule has 2 unspecified atom stereocenters. The second-order valence-corrected chi connectivity index (χ2v) is 12.3. The third kappa shape index (κ3) is 4.81. The summed E-state index contributed by atoms with van der Waals surface area (Å²) in [4.78, 5) is 0. The average molecular weight is 572 g/mol. The summed E-state index contributed by atoms with van der Waals surface area (Å²) in [6.07, 6.45) is 13.1. The van der Waals surface area contributed by atoms with Gasteiger partial charge in [0.15, 0.2) is 0 Å². The Morgan fingerprint density at radius 1 is 0.667 bits per heavy atom. The van der Waals surface area contributed by atoms with E-state index in [1.54, 1.807) is 11.1 Å². The highest BCUT2D eigenvalue weighted by Crippen LogP contribution is 2.57. The Kier molecular flexibility index (Phi) is 8.27. The Bertz CT molecular complexity index is 1020. The standard InChI is InChI=1S/C31H40Br2/c1-5-9-11-21(7-3)19-31(20-22(8-4)12-10-6-2)27-17-25(32)15-23-13-14-24-16-26(33)18-28(31)30(24)29(23)27/h13-18,21-22H,5-12,19-20H2,1-4H3. The van der Waals surface area contributed by atoms with Gasteiger partial charge in [-0.25, -0.2) is 0 Å². The second-order valence-electron chi connectivity index (χ2n) is 10.5. The Balaban J connectivity index is 1.96. The van der Waals surface area contributed by atoms with Crippen LogP contribution in [0.4, 0.5) is 0 Å². The first-order chi connectivity index (χ1) is 16.0. The van der Waals surface area contributed by atoms with E-state index in [0.29, 0.717) is 0 Å². The molecule has 0 amide bonds. The number of hydrogen-bond acceptors (Lipinski definition) is 0. The van der Waals surface area contributed by atoms with Crippen molar-refractivity contribution in [2.24, 2.45) is 11.8 Å². The maximum Gasteiger partial charge on any atom is 0.0221 e.